The van der Waals surface area contributed by atoms with Gasteiger partial charge in [0.2, 0.25) is 0 Å². The van der Waals surface area contributed by atoms with Gasteiger partial charge in [-0.15, -0.1) is 0 Å². The molecule has 1 rings (SSSR count). The van der Waals surface area contributed by atoms with Gasteiger partial charge in [-0.3, -0.25) is 4.79 Å². The van der Waals surface area contributed by atoms with E-state index in [2.05, 4.69) is 13.8 Å². The Morgan fingerprint density at radius 2 is 2.06 bits per heavy atom. The minimum absolute atomic E-state index is 0.0171. The maximum atomic E-state index is 12.2. The van der Waals surface area contributed by atoms with Gasteiger partial charge in [-0.05, 0) is 37.5 Å². The summed E-state index contributed by atoms with van der Waals surface area (Å²) in [6.45, 7) is 9.38. The molecule has 3 nitrogen and oxygen atoms in total. The van der Waals surface area contributed by atoms with Crippen molar-refractivity contribution in [3.63, 3.8) is 0 Å². The molecule has 0 bridgehead atoms. The van der Waals surface area contributed by atoms with Gasteiger partial charge in [-0.2, -0.15) is 0 Å². The molecule has 3 heteroatoms. The van der Waals surface area contributed by atoms with Gasteiger partial charge in [0.25, 0.3) is 5.91 Å². The second-order valence-electron chi connectivity index (χ2n) is 4.74. The lowest BCUT2D eigenvalue weighted by Gasteiger charge is -2.23. The molecule has 0 aliphatic carbocycles. The number of nitrogens with zero attached hydrogens (tertiary/aromatic N) is 1. The number of amides is 1. The molecular formula is C14H21NO2. The van der Waals surface area contributed by atoms with Gasteiger partial charge >= 0.3 is 0 Å². The molecule has 0 saturated heterocycles. The fraction of sp³-hybridized carbons (Fsp3) is 0.500. The molecule has 0 atom stereocenters. The molecule has 1 amide bonds. The Bertz CT molecular complexity index is 399. The predicted molar refractivity (Wildman–Crippen MR) is 69.3 cm³/mol. The molecule has 17 heavy (non-hydrogen) atoms. The zero-order chi connectivity index (χ0) is 13.0. The number of carbonyl (C=O) groups is 1. The van der Waals surface area contributed by atoms with E-state index in [1.54, 1.807) is 23.1 Å². The summed E-state index contributed by atoms with van der Waals surface area (Å²) in [5.41, 5.74) is 1.34. The lowest BCUT2D eigenvalue weighted by molar-refractivity contribution is 0.0745. The van der Waals surface area contributed by atoms with Crippen LogP contribution in [0.15, 0.2) is 18.2 Å². The van der Waals surface area contributed by atoms with Crippen LogP contribution >= 0.6 is 0 Å². The molecule has 0 aliphatic rings. The predicted octanol–water partition coefficient (Wildman–Crippen LogP) is 2.82. The maximum absolute atomic E-state index is 12.2. The van der Waals surface area contributed by atoms with E-state index in [0.29, 0.717) is 18.0 Å². The van der Waals surface area contributed by atoms with E-state index in [-0.39, 0.29) is 11.7 Å². The first-order valence-corrected chi connectivity index (χ1v) is 6.04. The number of aryl methyl sites for hydroxylation is 1. The van der Waals surface area contributed by atoms with Crippen LogP contribution < -0.4 is 0 Å². The van der Waals surface area contributed by atoms with E-state index in [4.69, 9.17) is 0 Å². The van der Waals surface area contributed by atoms with Gasteiger partial charge in [0.1, 0.15) is 5.75 Å². The van der Waals surface area contributed by atoms with E-state index in [9.17, 15) is 9.90 Å². The van der Waals surface area contributed by atoms with Crippen LogP contribution in [0.5, 0.6) is 5.75 Å². The molecular weight excluding hydrogens is 214 g/mol. The first-order chi connectivity index (χ1) is 7.95. The van der Waals surface area contributed by atoms with Crippen molar-refractivity contribution in [3.8, 4) is 5.75 Å². The van der Waals surface area contributed by atoms with Gasteiger partial charge in [0.15, 0.2) is 0 Å². The largest absolute Gasteiger partial charge is 0.508 e. The van der Waals surface area contributed by atoms with Gasteiger partial charge in [-0.1, -0.05) is 19.9 Å². The van der Waals surface area contributed by atoms with E-state index in [0.717, 1.165) is 12.1 Å². The summed E-state index contributed by atoms with van der Waals surface area (Å²) in [6.07, 6.45) is 0. The van der Waals surface area contributed by atoms with Crippen LogP contribution in [0, 0.1) is 12.8 Å². The molecule has 1 aromatic rings. The Kier molecular flexibility index (Phi) is 4.55. The number of aromatic hydroxyl groups is 1. The molecule has 0 aromatic heterocycles. The lowest BCUT2D eigenvalue weighted by atomic mass is 10.1. The average Bonchev–Trinajstić information content (AvgIpc) is 2.28. The van der Waals surface area contributed by atoms with Crippen LogP contribution in [-0.2, 0) is 0 Å². The molecule has 1 N–H and O–H groups in total. The van der Waals surface area contributed by atoms with Gasteiger partial charge < -0.3 is 10.0 Å². The highest BCUT2D eigenvalue weighted by Gasteiger charge is 2.15. The van der Waals surface area contributed by atoms with Gasteiger partial charge in [-0.25, -0.2) is 0 Å². The second kappa shape index (κ2) is 5.71. The number of hydrogen-bond donors (Lipinski definition) is 1. The lowest BCUT2D eigenvalue weighted by Crippen LogP contribution is -2.33. The molecule has 0 spiro atoms. The van der Waals surface area contributed by atoms with Crippen LogP contribution in [0.2, 0.25) is 0 Å². The Labute approximate surface area is 103 Å². The smallest absolute Gasteiger partial charge is 0.253 e. The molecule has 94 valence electrons. The van der Waals surface area contributed by atoms with Crippen molar-refractivity contribution in [1.82, 2.24) is 4.90 Å². The summed E-state index contributed by atoms with van der Waals surface area (Å²) >= 11 is 0. The summed E-state index contributed by atoms with van der Waals surface area (Å²) in [7, 11) is 0. The third kappa shape index (κ3) is 3.48. The average molecular weight is 235 g/mol. The maximum Gasteiger partial charge on any atom is 0.253 e. The zero-order valence-corrected chi connectivity index (χ0v) is 11.0. The van der Waals surface area contributed by atoms with Crippen molar-refractivity contribution in [2.45, 2.75) is 27.7 Å². The molecule has 1 aromatic carbocycles. The fourth-order valence-electron chi connectivity index (χ4n) is 1.72. The van der Waals surface area contributed by atoms with Gasteiger partial charge in [0, 0.05) is 18.7 Å². The van der Waals surface area contributed by atoms with E-state index in [1.807, 2.05) is 13.8 Å². The minimum Gasteiger partial charge on any atom is -0.508 e. The van der Waals surface area contributed by atoms with E-state index < -0.39 is 0 Å². The number of rotatable bonds is 4. The summed E-state index contributed by atoms with van der Waals surface area (Å²) in [6, 6.07) is 5.08. The van der Waals surface area contributed by atoms with Crippen LogP contribution in [0.1, 0.15) is 36.7 Å². The number of phenols is 1. The highest BCUT2D eigenvalue weighted by molar-refractivity contribution is 5.94. The van der Waals surface area contributed by atoms with Crippen LogP contribution in [0.3, 0.4) is 0 Å². The Morgan fingerprint density at radius 3 is 2.53 bits per heavy atom. The minimum atomic E-state index is -0.0171. The number of phenolic OH excluding ortho intramolecular Hbond substituents is 1. The van der Waals surface area contributed by atoms with Crippen molar-refractivity contribution in [3.05, 3.63) is 29.3 Å². The number of carbonyl (C=O) groups excluding carboxylic acids is 1. The molecule has 0 fully saturated rings. The zero-order valence-electron chi connectivity index (χ0n) is 11.0. The topological polar surface area (TPSA) is 40.5 Å². The normalized spacial score (nSPS) is 10.6. The molecule has 0 aliphatic heterocycles. The summed E-state index contributed by atoms with van der Waals surface area (Å²) in [5.74, 6) is 0.603. The first kappa shape index (κ1) is 13.6. The highest BCUT2D eigenvalue weighted by Crippen LogP contribution is 2.18. The fourth-order valence-corrected chi connectivity index (χ4v) is 1.72. The van der Waals surface area contributed by atoms with Crippen LogP contribution in [0.25, 0.3) is 0 Å². The van der Waals surface area contributed by atoms with Crippen LogP contribution in [0.4, 0.5) is 0 Å². The summed E-state index contributed by atoms with van der Waals surface area (Å²) < 4.78 is 0. The Hall–Kier alpha value is -1.51. The van der Waals surface area contributed by atoms with Crippen molar-refractivity contribution < 1.29 is 9.90 Å². The molecule has 0 radical (unpaired) electrons. The summed E-state index contributed by atoms with van der Waals surface area (Å²) in [5, 5.41) is 9.61. The third-order valence-corrected chi connectivity index (χ3v) is 2.71. The molecule has 0 unspecified atom stereocenters. The van der Waals surface area contributed by atoms with Crippen molar-refractivity contribution in [2.24, 2.45) is 5.92 Å². The van der Waals surface area contributed by atoms with Gasteiger partial charge in [0.05, 0.1) is 0 Å². The first-order valence-electron chi connectivity index (χ1n) is 6.04. The standard InChI is InChI=1S/C14H21NO2/c1-5-15(9-10(2)3)14(17)12-7-6-11(4)13(16)8-12/h6-8,10,16H,5,9H2,1-4H3. The second-order valence-corrected chi connectivity index (χ2v) is 4.74. The van der Waals surface area contributed by atoms with Crippen molar-refractivity contribution in [1.29, 1.82) is 0 Å². The van der Waals surface area contributed by atoms with Crippen molar-refractivity contribution >= 4 is 5.91 Å². The SMILES string of the molecule is CCN(CC(C)C)C(=O)c1ccc(C)c(O)c1. The highest BCUT2D eigenvalue weighted by atomic mass is 16.3. The quantitative estimate of drug-likeness (QED) is 0.871. The molecule has 0 saturated carbocycles. The Morgan fingerprint density at radius 1 is 1.41 bits per heavy atom. The van der Waals surface area contributed by atoms with Crippen LogP contribution in [-0.4, -0.2) is 29.0 Å². The number of benzene rings is 1. The Balaban J connectivity index is 2.90. The van der Waals surface area contributed by atoms with E-state index >= 15 is 0 Å². The molecule has 0 heterocycles. The third-order valence-electron chi connectivity index (χ3n) is 2.71. The number of hydrogen-bond acceptors (Lipinski definition) is 2. The monoisotopic (exact) mass is 235 g/mol. The summed E-state index contributed by atoms with van der Waals surface area (Å²) in [4.78, 5) is 14.0. The van der Waals surface area contributed by atoms with Crippen molar-refractivity contribution in [2.75, 3.05) is 13.1 Å². The van der Waals surface area contributed by atoms with E-state index in [1.165, 1.54) is 0 Å².